The average Bonchev–Trinajstić information content (AvgIpc) is 3.20. The Kier molecular flexibility index (Phi) is 9.99. The number of fused-ring (bicyclic) bond motifs is 1. The summed E-state index contributed by atoms with van der Waals surface area (Å²) in [5, 5.41) is 36.2. The van der Waals surface area contributed by atoms with Gasteiger partial charge in [0.15, 0.2) is 23.3 Å². The van der Waals surface area contributed by atoms with Crippen molar-refractivity contribution in [2.45, 2.75) is 48.3 Å². The molecule has 1 unspecified atom stereocenters. The molecule has 17 heteroatoms. The fourth-order valence-corrected chi connectivity index (χ4v) is 7.44. The maximum atomic E-state index is 13.9. The Morgan fingerprint density at radius 1 is 1.04 bits per heavy atom. The van der Waals surface area contributed by atoms with Crippen LogP contribution in [0, 0.1) is 0 Å². The van der Waals surface area contributed by atoms with Crippen LogP contribution in [-0.4, -0.2) is 103 Å². The van der Waals surface area contributed by atoms with Gasteiger partial charge >= 0.3 is 47.4 Å². The molecule has 46 heavy (non-hydrogen) atoms. The van der Waals surface area contributed by atoms with Crippen LogP contribution in [0.5, 0.6) is 11.5 Å². The van der Waals surface area contributed by atoms with E-state index in [0.717, 1.165) is 21.6 Å². The first-order valence-corrected chi connectivity index (χ1v) is 14.7. The van der Waals surface area contributed by atoms with Crippen molar-refractivity contribution in [3.8, 4) is 11.5 Å². The summed E-state index contributed by atoms with van der Waals surface area (Å²) in [5.41, 5.74) is -1.66. The van der Waals surface area contributed by atoms with Crippen molar-refractivity contribution in [3.05, 3.63) is 59.7 Å². The molecule has 5 rings (SSSR count). The zero-order chi connectivity index (χ0) is 32.8. The zero-order valence-corrected chi connectivity index (χ0v) is 28.2. The third kappa shape index (κ3) is 5.79. The van der Waals surface area contributed by atoms with Crippen LogP contribution >= 0.6 is 11.8 Å². The Morgan fingerprint density at radius 3 is 2.33 bits per heavy atom. The summed E-state index contributed by atoms with van der Waals surface area (Å²) in [5.74, 6) is -6.34. The number of thioether (sulfide) groups is 1. The van der Waals surface area contributed by atoms with Crippen molar-refractivity contribution in [2.75, 3.05) is 20.2 Å². The number of carboxylic acids is 1. The van der Waals surface area contributed by atoms with E-state index in [1.807, 2.05) is 0 Å². The fourth-order valence-electron chi connectivity index (χ4n) is 5.71. The van der Waals surface area contributed by atoms with Gasteiger partial charge in [-0.2, -0.15) is 0 Å². The standard InChI is InChI=1S/C29H31N5O10S.Na/c1-28(2)29(26(41)42,34-22(38)20(44-3)25(34)45-28)31-21(37)19(16-7-5-4-6-8-16)30-27(43)33-12-11-32(23(39)24(33)40)14-15-9-10-17(35)18(36)13-15;/h4-10,13,19-20,25,35-36H,11-12,14H2,1-3H3,(H,30,43)(H,31,37)(H,41,42);/q;+1/p-1/t19?,20-,25-,29+;/m1./s1. The van der Waals surface area contributed by atoms with Crippen LogP contribution in [-0.2, 0) is 35.3 Å². The quantitative estimate of drug-likeness (QED) is 0.0926. The van der Waals surface area contributed by atoms with Gasteiger partial charge in [-0.15, -0.1) is 11.8 Å². The molecule has 3 aliphatic rings. The number of ether oxygens (including phenoxy) is 1. The van der Waals surface area contributed by atoms with Crippen LogP contribution in [0.25, 0.3) is 0 Å². The number of carbonyl (C=O) groups is 6. The van der Waals surface area contributed by atoms with Gasteiger partial charge in [-0.25, -0.2) is 4.79 Å². The van der Waals surface area contributed by atoms with Gasteiger partial charge in [-0.3, -0.25) is 29.0 Å². The number of aliphatic carboxylic acids is 1. The number of hydrogen-bond acceptors (Lipinski definition) is 11. The van der Waals surface area contributed by atoms with E-state index in [9.17, 15) is 44.1 Å². The van der Waals surface area contributed by atoms with Crippen molar-refractivity contribution in [3.63, 3.8) is 0 Å². The topological polar surface area (TPSA) is 209 Å². The van der Waals surface area contributed by atoms with Gasteiger partial charge in [0.1, 0.15) is 11.4 Å². The summed E-state index contributed by atoms with van der Waals surface area (Å²) in [7, 11) is 1.32. The first kappa shape index (κ1) is 35.0. The normalized spacial score (nSPS) is 24.0. The molecule has 2 aromatic rings. The molecule has 15 nitrogen and oxygen atoms in total. The predicted octanol–water partition coefficient (Wildman–Crippen LogP) is -4.01. The first-order chi connectivity index (χ1) is 21.2. The number of aromatic hydroxyl groups is 2. The van der Waals surface area contributed by atoms with Crippen molar-refractivity contribution >= 4 is 47.4 Å². The Morgan fingerprint density at radius 2 is 1.72 bits per heavy atom. The van der Waals surface area contributed by atoms with Gasteiger partial charge in [-0.1, -0.05) is 36.4 Å². The second-order valence-electron chi connectivity index (χ2n) is 11.2. The molecule has 3 fully saturated rings. The molecule has 6 amide bonds. The number of piperazine rings is 1. The smallest absolute Gasteiger partial charge is 0.545 e. The Labute approximate surface area is 289 Å². The molecule has 4 atom stereocenters. The summed E-state index contributed by atoms with van der Waals surface area (Å²) < 4.78 is 3.91. The number of carbonyl (C=O) groups excluding carboxylic acids is 6. The van der Waals surface area contributed by atoms with E-state index in [4.69, 9.17) is 4.74 Å². The van der Waals surface area contributed by atoms with Crippen LogP contribution < -0.4 is 45.3 Å². The molecule has 4 N–H and O–H groups in total. The number of phenols is 2. The number of methoxy groups -OCH3 is 1. The van der Waals surface area contributed by atoms with Gasteiger partial charge < -0.3 is 40.4 Å². The largest absolute Gasteiger partial charge is 1.00 e. The van der Waals surface area contributed by atoms with Crippen molar-refractivity contribution in [2.24, 2.45) is 0 Å². The van der Waals surface area contributed by atoms with E-state index in [1.165, 1.54) is 51.3 Å². The Bertz CT molecular complexity index is 1590. The number of amides is 6. The van der Waals surface area contributed by atoms with E-state index in [1.54, 1.807) is 18.2 Å². The number of benzene rings is 2. The monoisotopic (exact) mass is 663 g/mol. The van der Waals surface area contributed by atoms with E-state index in [-0.39, 0.29) is 60.5 Å². The van der Waals surface area contributed by atoms with Crippen LogP contribution in [0.3, 0.4) is 0 Å². The first-order valence-electron chi connectivity index (χ1n) is 13.8. The Hall–Kier alpha value is -3.83. The summed E-state index contributed by atoms with van der Waals surface area (Å²) in [6.07, 6.45) is -0.918. The van der Waals surface area contributed by atoms with Crippen molar-refractivity contribution < 1.29 is 78.4 Å². The number of carboxylic acid groups (broad SMARTS) is 1. The van der Waals surface area contributed by atoms with Gasteiger partial charge in [0, 0.05) is 26.7 Å². The van der Waals surface area contributed by atoms with Gasteiger partial charge in [0.2, 0.25) is 5.91 Å². The molecular weight excluding hydrogens is 633 g/mol. The summed E-state index contributed by atoms with van der Waals surface area (Å²) in [6, 6.07) is 9.13. The summed E-state index contributed by atoms with van der Waals surface area (Å²) in [4.78, 5) is 81.6. The van der Waals surface area contributed by atoms with Gasteiger partial charge in [0.25, 0.3) is 5.91 Å². The van der Waals surface area contributed by atoms with Crippen LogP contribution in [0.4, 0.5) is 4.79 Å². The fraction of sp³-hybridized carbons (Fsp3) is 0.379. The number of urea groups is 1. The molecule has 0 aromatic heterocycles. The number of nitrogens with zero attached hydrogens (tertiary/aromatic N) is 3. The molecule has 0 spiro atoms. The number of β-lactam (4-membered cyclic amide) rings is 1. The van der Waals surface area contributed by atoms with E-state index in [0.29, 0.717) is 10.5 Å². The molecule has 3 aliphatic heterocycles. The maximum absolute atomic E-state index is 13.9. The molecule has 0 bridgehead atoms. The van der Waals surface area contributed by atoms with E-state index < -0.39 is 69.3 Å². The van der Waals surface area contributed by atoms with Gasteiger partial charge in [-0.05, 0) is 37.1 Å². The average molecular weight is 664 g/mol. The van der Waals surface area contributed by atoms with Crippen LogP contribution in [0.1, 0.15) is 31.0 Å². The van der Waals surface area contributed by atoms with Gasteiger partial charge in [0.05, 0.1) is 10.7 Å². The van der Waals surface area contributed by atoms with E-state index in [2.05, 4.69) is 10.6 Å². The SMILES string of the molecule is CO[C@@H]1C(=O)N2[C@@H]1SC(C)(C)[C@]2(NC(=O)C(NC(=O)N1CCN(Cc2ccc(O)c(O)c2)C(=O)C1=O)c1ccccc1)C(=O)[O-].[Na+]. The zero-order valence-electron chi connectivity index (χ0n) is 25.4. The second-order valence-corrected chi connectivity index (χ2v) is 12.9. The third-order valence-electron chi connectivity index (χ3n) is 8.13. The molecular formula is C29H30N5NaO10S. The molecule has 2 aromatic carbocycles. The Balaban J connectivity index is 0.00000480. The summed E-state index contributed by atoms with van der Waals surface area (Å²) in [6.45, 7) is 2.68. The number of phenolic OH excluding ortho intramolecular Hbond substituents is 2. The van der Waals surface area contributed by atoms with Crippen molar-refractivity contribution in [1.82, 2.24) is 25.3 Å². The maximum Gasteiger partial charge on any atom is 1.00 e. The molecule has 0 aliphatic carbocycles. The van der Waals surface area contributed by atoms with Crippen LogP contribution in [0.2, 0.25) is 0 Å². The number of nitrogens with one attached hydrogen (secondary N) is 2. The van der Waals surface area contributed by atoms with Crippen molar-refractivity contribution in [1.29, 1.82) is 0 Å². The minimum atomic E-state index is -2.32. The number of imide groups is 1. The molecule has 238 valence electrons. The molecule has 0 radical (unpaired) electrons. The summed E-state index contributed by atoms with van der Waals surface area (Å²) >= 11 is 1.11. The minimum Gasteiger partial charge on any atom is -0.545 e. The number of hydrogen-bond donors (Lipinski definition) is 4. The van der Waals surface area contributed by atoms with Crippen LogP contribution in [0.15, 0.2) is 48.5 Å². The van der Waals surface area contributed by atoms with E-state index >= 15 is 0 Å². The third-order valence-corrected chi connectivity index (χ3v) is 9.71. The minimum absolute atomic E-state index is 0. The second kappa shape index (κ2) is 13.1. The molecule has 3 heterocycles. The molecule has 3 saturated heterocycles. The number of rotatable bonds is 8. The molecule has 0 saturated carbocycles. The predicted molar refractivity (Wildman–Crippen MR) is 154 cm³/mol.